The number of rotatable bonds is 5. The van der Waals surface area contributed by atoms with Crippen LogP contribution in [0.2, 0.25) is 0 Å². The van der Waals surface area contributed by atoms with Crippen LogP contribution in [0.25, 0.3) is 0 Å². The molecule has 1 saturated heterocycles. The van der Waals surface area contributed by atoms with Crippen LogP contribution in [0, 0.1) is 10.1 Å². The fraction of sp³-hybridized carbons (Fsp3) is 0.273. The van der Waals surface area contributed by atoms with Crippen molar-refractivity contribution in [3.05, 3.63) is 28.0 Å². The first-order valence-corrected chi connectivity index (χ1v) is 6.81. The van der Waals surface area contributed by atoms with Gasteiger partial charge in [-0.3, -0.25) is 19.7 Å². The number of carbonyl (C=O) groups excluding carboxylic acids is 1. The van der Waals surface area contributed by atoms with Gasteiger partial charge in [-0.2, -0.15) is 0 Å². The summed E-state index contributed by atoms with van der Waals surface area (Å²) < 4.78 is 4.95. The Kier molecular flexibility index (Phi) is 4.56. The van der Waals surface area contributed by atoms with Gasteiger partial charge in [0, 0.05) is 0 Å². The molecule has 0 radical (unpaired) electrons. The minimum Gasteiger partial charge on any atom is -0.481 e. The molecule has 2 N–H and O–H groups in total. The van der Waals surface area contributed by atoms with E-state index in [2.05, 4.69) is 15.5 Å². The Morgan fingerprint density at radius 1 is 1.59 bits per heavy atom. The highest BCUT2D eigenvalue weighted by atomic mass is 32.2. The van der Waals surface area contributed by atoms with Gasteiger partial charge < -0.3 is 14.8 Å². The lowest BCUT2D eigenvalue weighted by atomic mass is 10.3. The predicted molar refractivity (Wildman–Crippen MR) is 76.8 cm³/mol. The molecule has 1 fully saturated rings. The standard InChI is InChI=1S/C11H10N4O6S/c1-5(6-2-3-8(21-6)15(19)20)13-14-11-12-10(18)7(22-11)4-9(16)17/h2-3,7H,4H2,1H3,(H,16,17)(H,12,14,18). The molecule has 2 rings (SSSR count). The van der Waals surface area contributed by atoms with Crippen LogP contribution in [0.3, 0.4) is 0 Å². The van der Waals surface area contributed by atoms with Gasteiger partial charge >= 0.3 is 11.9 Å². The first-order chi connectivity index (χ1) is 10.4. The first-order valence-electron chi connectivity index (χ1n) is 5.93. The van der Waals surface area contributed by atoms with Gasteiger partial charge in [0.1, 0.15) is 15.9 Å². The molecule has 0 aliphatic carbocycles. The summed E-state index contributed by atoms with van der Waals surface area (Å²) in [5, 5.41) is 28.6. The summed E-state index contributed by atoms with van der Waals surface area (Å²) in [5.74, 6) is -1.78. The zero-order valence-corrected chi connectivity index (χ0v) is 12.0. The topological polar surface area (TPSA) is 147 Å². The van der Waals surface area contributed by atoms with Gasteiger partial charge in [-0.25, -0.2) is 0 Å². The molecule has 1 aromatic heterocycles. The third kappa shape index (κ3) is 3.69. The Morgan fingerprint density at radius 3 is 2.91 bits per heavy atom. The van der Waals surface area contributed by atoms with Gasteiger partial charge in [0.05, 0.1) is 12.5 Å². The van der Waals surface area contributed by atoms with Crippen molar-refractivity contribution in [3.8, 4) is 0 Å². The number of carboxylic acids is 1. The SMILES string of the molecule is CC(=N/N=C1\NC(=O)C(CC(=O)O)S1)c1ccc([N+](=O)[O-])o1. The lowest BCUT2D eigenvalue weighted by molar-refractivity contribution is -0.402. The van der Waals surface area contributed by atoms with Crippen LogP contribution < -0.4 is 5.32 Å². The average Bonchev–Trinajstić information content (AvgIpc) is 3.03. The van der Waals surface area contributed by atoms with E-state index in [0.29, 0.717) is 0 Å². The third-order valence-electron chi connectivity index (χ3n) is 2.56. The van der Waals surface area contributed by atoms with E-state index in [1.807, 2.05) is 0 Å². The van der Waals surface area contributed by atoms with Crippen molar-refractivity contribution in [3.63, 3.8) is 0 Å². The van der Waals surface area contributed by atoms with Gasteiger partial charge in [0.2, 0.25) is 5.91 Å². The molecule has 1 amide bonds. The van der Waals surface area contributed by atoms with Crippen molar-refractivity contribution in [2.45, 2.75) is 18.6 Å². The van der Waals surface area contributed by atoms with Crippen LogP contribution in [0.4, 0.5) is 5.88 Å². The molecule has 0 spiro atoms. The highest BCUT2D eigenvalue weighted by molar-refractivity contribution is 8.15. The van der Waals surface area contributed by atoms with Crippen LogP contribution in [-0.4, -0.2) is 38.0 Å². The Balaban J connectivity index is 2.08. The largest absolute Gasteiger partial charge is 0.481 e. The number of hydrogen-bond acceptors (Lipinski definition) is 8. The number of nitrogens with one attached hydrogen (secondary N) is 1. The number of aliphatic carboxylic acids is 1. The van der Waals surface area contributed by atoms with Crippen molar-refractivity contribution in [2.75, 3.05) is 0 Å². The van der Waals surface area contributed by atoms with Crippen LogP contribution in [0.5, 0.6) is 0 Å². The maximum atomic E-state index is 11.5. The molecule has 1 aliphatic rings. The molecule has 116 valence electrons. The van der Waals surface area contributed by atoms with E-state index in [1.165, 1.54) is 19.1 Å². The Bertz CT molecular complexity index is 695. The van der Waals surface area contributed by atoms with Crippen molar-refractivity contribution >= 4 is 40.4 Å². The molecule has 11 heteroatoms. The van der Waals surface area contributed by atoms with Crippen molar-refractivity contribution in [1.82, 2.24) is 5.32 Å². The van der Waals surface area contributed by atoms with E-state index in [4.69, 9.17) is 9.52 Å². The van der Waals surface area contributed by atoms with Gasteiger partial charge in [0.15, 0.2) is 10.9 Å². The molecule has 1 atom stereocenters. The molecule has 2 heterocycles. The quantitative estimate of drug-likeness (QED) is 0.465. The molecule has 0 bridgehead atoms. The lowest BCUT2D eigenvalue weighted by Crippen LogP contribution is -2.26. The molecule has 10 nitrogen and oxygen atoms in total. The number of amides is 1. The number of amidine groups is 1. The Labute approximate surface area is 127 Å². The number of nitrogens with zero attached hydrogens (tertiary/aromatic N) is 3. The average molecular weight is 326 g/mol. The summed E-state index contributed by atoms with van der Waals surface area (Å²) >= 11 is 0.957. The maximum absolute atomic E-state index is 11.5. The monoisotopic (exact) mass is 326 g/mol. The van der Waals surface area contributed by atoms with Crippen LogP contribution in [0.1, 0.15) is 19.1 Å². The van der Waals surface area contributed by atoms with Gasteiger partial charge in [-0.15, -0.1) is 10.2 Å². The van der Waals surface area contributed by atoms with Crippen molar-refractivity contribution in [2.24, 2.45) is 10.2 Å². The lowest BCUT2D eigenvalue weighted by Gasteiger charge is -1.97. The Morgan fingerprint density at radius 2 is 2.32 bits per heavy atom. The summed E-state index contributed by atoms with van der Waals surface area (Å²) in [5.41, 5.74) is 0.275. The minimum atomic E-state index is -1.09. The zero-order chi connectivity index (χ0) is 16.3. The second-order valence-electron chi connectivity index (χ2n) is 4.18. The maximum Gasteiger partial charge on any atom is 0.433 e. The molecule has 1 aromatic rings. The van der Waals surface area contributed by atoms with Gasteiger partial charge in [0.25, 0.3) is 0 Å². The smallest absolute Gasteiger partial charge is 0.433 e. The predicted octanol–water partition coefficient (Wildman–Crippen LogP) is 0.974. The summed E-state index contributed by atoms with van der Waals surface area (Å²) in [7, 11) is 0. The number of hydrogen-bond donors (Lipinski definition) is 2. The van der Waals surface area contributed by atoms with Crippen LogP contribution in [-0.2, 0) is 9.59 Å². The number of furan rings is 1. The summed E-state index contributed by atoms with van der Waals surface area (Å²) in [4.78, 5) is 31.9. The summed E-state index contributed by atoms with van der Waals surface area (Å²) in [6.07, 6.45) is -0.317. The van der Waals surface area contributed by atoms with Crippen LogP contribution in [0.15, 0.2) is 26.8 Å². The van der Waals surface area contributed by atoms with E-state index < -0.39 is 27.9 Å². The first kappa shape index (κ1) is 15.7. The zero-order valence-electron chi connectivity index (χ0n) is 11.2. The van der Waals surface area contributed by atoms with Gasteiger partial charge in [-0.1, -0.05) is 11.8 Å². The highest BCUT2D eigenvalue weighted by Crippen LogP contribution is 2.22. The van der Waals surface area contributed by atoms with E-state index >= 15 is 0 Å². The molecule has 1 unspecified atom stereocenters. The number of nitro groups is 1. The van der Waals surface area contributed by atoms with E-state index in [0.717, 1.165) is 11.8 Å². The normalized spacial score (nSPS) is 20.2. The second kappa shape index (κ2) is 6.39. The molecule has 1 aliphatic heterocycles. The fourth-order valence-electron chi connectivity index (χ4n) is 1.54. The number of carbonyl (C=O) groups is 2. The van der Waals surface area contributed by atoms with E-state index in [9.17, 15) is 19.7 Å². The van der Waals surface area contributed by atoms with Crippen molar-refractivity contribution in [1.29, 1.82) is 0 Å². The third-order valence-corrected chi connectivity index (χ3v) is 3.63. The number of thioether (sulfide) groups is 1. The second-order valence-corrected chi connectivity index (χ2v) is 5.37. The number of carboxylic acid groups (broad SMARTS) is 1. The Hall–Kier alpha value is -2.69. The highest BCUT2D eigenvalue weighted by Gasteiger charge is 2.32. The van der Waals surface area contributed by atoms with Crippen LogP contribution >= 0.6 is 11.8 Å². The fourth-order valence-corrected chi connectivity index (χ4v) is 2.44. The molecule has 22 heavy (non-hydrogen) atoms. The summed E-state index contributed by atoms with van der Waals surface area (Å²) in [6, 6.07) is 2.57. The minimum absolute atomic E-state index is 0.164. The molecule has 0 saturated carbocycles. The van der Waals surface area contributed by atoms with Gasteiger partial charge in [-0.05, 0) is 13.0 Å². The molecule has 0 aromatic carbocycles. The van der Waals surface area contributed by atoms with E-state index in [-0.39, 0.29) is 23.1 Å². The van der Waals surface area contributed by atoms with Crippen molar-refractivity contribution < 1.29 is 24.0 Å². The summed E-state index contributed by atoms with van der Waals surface area (Å²) in [6.45, 7) is 1.53. The molecular weight excluding hydrogens is 316 g/mol. The molecular formula is C11H10N4O6S. The van der Waals surface area contributed by atoms with E-state index in [1.54, 1.807) is 0 Å².